The summed E-state index contributed by atoms with van der Waals surface area (Å²) >= 11 is 0. The highest BCUT2D eigenvalue weighted by molar-refractivity contribution is 6.04. The molecule has 0 spiro atoms. The molecule has 1 nitrogen and oxygen atoms in total. The van der Waals surface area contributed by atoms with Crippen molar-refractivity contribution >= 4 is 38.6 Å². The molecule has 12 aromatic rings. The van der Waals surface area contributed by atoms with Crippen LogP contribution in [0.5, 0.6) is 0 Å². The largest absolute Gasteiger partial charge is 0.311 e. The lowest BCUT2D eigenvalue weighted by atomic mass is 9.90. The number of benzene rings is 12. The van der Waals surface area contributed by atoms with E-state index >= 15 is 0 Å². The van der Waals surface area contributed by atoms with Gasteiger partial charge in [-0.3, -0.25) is 0 Å². The van der Waals surface area contributed by atoms with Crippen LogP contribution in [0.4, 0.5) is 17.1 Å². The Morgan fingerprint density at radius 1 is 0.188 bits per heavy atom. The van der Waals surface area contributed by atoms with Gasteiger partial charge in [0, 0.05) is 17.1 Å². The van der Waals surface area contributed by atoms with E-state index in [0.29, 0.717) is 0 Å². The summed E-state index contributed by atoms with van der Waals surface area (Å²) in [6, 6.07) is 104. The number of fused-ring (bicyclic) bond motifs is 2. The normalized spacial score (nSPS) is 11.2. The molecule has 0 saturated carbocycles. The van der Waals surface area contributed by atoms with E-state index in [1.807, 2.05) is 0 Å². The first-order chi connectivity index (χ1) is 34.2. The van der Waals surface area contributed by atoms with Gasteiger partial charge in [-0.25, -0.2) is 0 Å². The molecule has 0 bridgehead atoms. The van der Waals surface area contributed by atoms with E-state index < -0.39 is 0 Å². The molecule has 0 aliphatic rings. The molecule has 0 heterocycles. The minimum atomic E-state index is 1.08. The van der Waals surface area contributed by atoms with Crippen LogP contribution in [0.2, 0.25) is 0 Å². The number of rotatable bonds is 10. The Kier molecular flexibility index (Phi) is 11.0. The number of anilines is 3. The van der Waals surface area contributed by atoms with E-state index in [1.165, 1.54) is 93.9 Å². The standard InChI is InChI=1S/C68H47N/c1-4-14-48(15-5-1)60-45-61(49-16-6-2-7-17-49)47-62(46-60)54-32-39-64(40-33-54)69(63-37-30-52(31-38-63)51-24-26-53(27-25-51)59-29-28-50-18-10-11-22-58(50)44-59)65-41-34-56(35-42-65)67-43-36-55-19-12-13-23-66(55)68(67)57-20-8-3-9-21-57/h1-47H. The van der Waals surface area contributed by atoms with Crippen LogP contribution in [0, 0.1) is 0 Å². The van der Waals surface area contributed by atoms with Crippen LogP contribution in [0.15, 0.2) is 285 Å². The first kappa shape index (κ1) is 41.4. The van der Waals surface area contributed by atoms with Crippen molar-refractivity contribution in [2.45, 2.75) is 0 Å². The Morgan fingerprint density at radius 3 is 1.06 bits per heavy atom. The van der Waals surface area contributed by atoms with Crippen molar-refractivity contribution in [2.24, 2.45) is 0 Å². The van der Waals surface area contributed by atoms with Gasteiger partial charge in [0.25, 0.3) is 0 Å². The molecule has 12 aromatic carbocycles. The molecule has 0 unspecified atom stereocenters. The van der Waals surface area contributed by atoms with Gasteiger partial charge in [0.2, 0.25) is 0 Å². The molecular weight excluding hydrogens is 831 g/mol. The molecule has 0 N–H and O–H groups in total. The van der Waals surface area contributed by atoms with Crippen molar-refractivity contribution in [1.82, 2.24) is 0 Å². The lowest BCUT2D eigenvalue weighted by Gasteiger charge is -2.26. The quantitative estimate of drug-likeness (QED) is 0.132. The summed E-state index contributed by atoms with van der Waals surface area (Å²) in [6.45, 7) is 0. The Bertz CT molecular complexity index is 3650. The van der Waals surface area contributed by atoms with Crippen LogP contribution in [0.1, 0.15) is 0 Å². The Hall–Kier alpha value is -9.04. The smallest absolute Gasteiger partial charge is 0.0462 e. The molecular formula is C68H47N. The van der Waals surface area contributed by atoms with Crippen molar-refractivity contribution in [3.8, 4) is 77.9 Å². The Balaban J connectivity index is 0.918. The third-order valence-electron chi connectivity index (χ3n) is 13.5. The third-order valence-corrected chi connectivity index (χ3v) is 13.5. The summed E-state index contributed by atoms with van der Waals surface area (Å²) in [5.74, 6) is 0. The highest BCUT2D eigenvalue weighted by Gasteiger charge is 2.17. The van der Waals surface area contributed by atoms with Crippen LogP contribution in [-0.2, 0) is 0 Å². The summed E-state index contributed by atoms with van der Waals surface area (Å²) in [6.07, 6.45) is 0. The van der Waals surface area contributed by atoms with E-state index in [1.54, 1.807) is 0 Å². The lowest BCUT2D eigenvalue weighted by molar-refractivity contribution is 1.28. The molecule has 0 aliphatic carbocycles. The molecule has 0 fully saturated rings. The second-order valence-corrected chi connectivity index (χ2v) is 17.7. The van der Waals surface area contributed by atoms with Crippen molar-refractivity contribution in [2.75, 3.05) is 4.90 Å². The fraction of sp³-hybridized carbons (Fsp3) is 0. The molecule has 324 valence electrons. The van der Waals surface area contributed by atoms with Gasteiger partial charge in [0.1, 0.15) is 0 Å². The summed E-state index contributed by atoms with van der Waals surface area (Å²) < 4.78 is 0. The summed E-state index contributed by atoms with van der Waals surface area (Å²) in [4.78, 5) is 2.37. The zero-order valence-electron chi connectivity index (χ0n) is 38.1. The van der Waals surface area contributed by atoms with E-state index in [-0.39, 0.29) is 0 Å². The van der Waals surface area contributed by atoms with Gasteiger partial charge in [-0.15, -0.1) is 0 Å². The topological polar surface area (TPSA) is 3.24 Å². The lowest BCUT2D eigenvalue weighted by Crippen LogP contribution is -2.09. The van der Waals surface area contributed by atoms with Crippen LogP contribution < -0.4 is 4.90 Å². The average Bonchev–Trinajstić information content (AvgIpc) is 3.44. The van der Waals surface area contributed by atoms with Gasteiger partial charge in [-0.2, -0.15) is 0 Å². The molecule has 0 atom stereocenters. The van der Waals surface area contributed by atoms with Crippen LogP contribution in [-0.4, -0.2) is 0 Å². The average molecular weight is 878 g/mol. The van der Waals surface area contributed by atoms with Crippen molar-refractivity contribution in [1.29, 1.82) is 0 Å². The van der Waals surface area contributed by atoms with Crippen LogP contribution in [0.3, 0.4) is 0 Å². The van der Waals surface area contributed by atoms with E-state index in [0.717, 1.165) is 22.6 Å². The summed E-state index contributed by atoms with van der Waals surface area (Å²) in [5, 5.41) is 5.00. The zero-order valence-corrected chi connectivity index (χ0v) is 38.1. The van der Waals surface area contributed by atoms with Gasteiger partial charge in [0.15, 0.2) is 0 Å². The number of hydrogen-bond acceptors (Lipinski definition) is 1. The van der Waals surface area contributed by atoms with E-state index in [4.69, 9.17) is 0 Å². The molecule has 69 heavy (non-hydrogen) atoms. The fourth-order valence-corrected chi connectivity index (χ4v) is 9.88. The predicted molar refractivity (Wildman–Crippen MR) is 294 cm³/mol. The maximum absolute atomic E-state index is 2.37. The summed E-state index contributed by atoms with van der Waals surface area (Å²) in [5.41, 5.74) is 20.0. The third kappa shape index (κ3) is 8.39. The molecule has 12 rings (SSSR count). The SMILES string of the molecule is c1ccc(-c2cc(-c3ccccc3)cc(-c3ccc(N(c4ccc(-c5ccc(-c6ccc7ccccc7c6)cc5)cc4)c4ccc(-c5ccc6ccccc6c5-c5ccccc5)cc4)cc3)c2)cc1. The van der Waals surface area contributed by atoms with Crippen molar-refractivity contribution < 1.29 is 0 Å². The Morgan fingerprint density at radius 2 is 0.536 bits per heavy atom. The minimum Gasteiger partial charge on any atom is -0.311 e. The van der Waals surface area contributed by atoms with Crippen LogP contribution in [0.25, 0.3) is 99.4 Å². The van der Waals surface area contributed by atoms with Gasteiger partial charge < -0.3 is 4.90 Å². The van der Waals surface area contributed by atoms with Gasteiger partial charge in [-0.05, 0) is 160 Å². The van der Waals surface area contributed by atoms with Crippen LogP contribution >= 0.6 is 0 Å². The fourth-order valence-electron chi connectivity index (χ4n) is 9.88. The monoisotopic (exact) mass is 877 g/mol. The second kappa shape index (κ2) is 18.3. The van der Waals surface area contributed by atoms with Gasteiger partial charge >= 0.3 is 0 Å². The molecule has 0 radical (unpaired) electrons. The van der Waals surface area contributed by atoms with Gasteiger partial charge in [-0.1, -0.05) is 224 Å². The van der Waals surface area contributed by atoms with E-state index in [9.17, 15) is 0 Å². The minimum absolute atomic E-state index is 1.08. The molecule has 0 saturated heterocycles. The Labute approximate surface area is 404 Å². The molecule has 1 heteroatoms. The molecule has 0 aromatic heterocycles. The number of hydrogen-bond donors (Lipinski definition) is 0. The molecule has 0 aliphatic heterocycles. The van der Waals surface area contributed by atoms with E-state index in [2.05, 4.69) is 290 Å². The predicted octanol–water partition coefficient (Wildman–Crippen LogP) is 19.1. The first-order valence-electron chi connectivity index (χ1n) is 23.7. The summed E-state index contributed by atoms with van der Waals surface area (Å²) in [7, 11) is 0. The molecule has 0 amide bonds. The maximum Gasteiger partial charge on any atom is 0.0462 e. The second-order valence-electron chi connectivity index (χ2n) is 17.7. The van der Waals surface area contributed by atoms with Crippen molar-refractivity contribution in [3.63, 3.8) is 0 Å². The first-order valence-corrected chi connectivity index (χ1v) is 23.7. The van der Waals surface area contributed by atoms with Gasteiger partial charge in [0.05, 0.1) is 0 Å². The highest BCUT2D eigenvalue weighted by atomic mass is 15.1. The highest BCUT2D eigenvalue weighted by Crippen LogP contribution is 2.42. The van der Waals surface area contributed by atoms with Crippen molar-refractivity contribution in [3.05, 3.63) is 285 Å². The maximum atomic E-state index is 2.37. The zero-order chi connectivity index (χ0) is 45.9. The number of nitrogens with zero attached hydrogens (tertiary/aromatic N) is 1.